The molecule has 3 aromatic rings. The lowest BCUT2D eigenvalue weighted by Gasteiger charge is -2.10. The highest BCUT2D eigenvalue weighted by Crippen LogP contribution is 2.41. The third-order valence-corrected chi connectivity index (χ3v) is 6.20. The molecule has 0 fully saturated rings. The van der Waals surface area contributed by atoms with Crippen LogP contribution in [0.3, 0.4) is 0 Å². The number of thioether (sulfide) groups is 1. The molecule has 7 heteroatoms. The fraction of sp³-hybridized carbons (Fsp3) is 0.143. The third kappa shape index (κ3) is 5.81. The molecular weight excluding hydrogens is 465 g/mol. The van der Waals surface area contributed by atoms with Crippen molar-refractivity contribution >= 4 is 34.5 Å². The summed E-state index contributed by atoms with van der Waals surface area (Å²) < 4.78 is 25.1. The molecule has 1 N–H and O–H groups in total. The second-order valence-corrected chi connectivity index (χ2v) is 8.76. The number of halogens is 1. The summed E-state index contributed by atoms with van der Waals surface area (Å²) in [6.07, 6.45) is 1.72. The zero-order valence-electron chi connectivity index (χ0n) is 19.3. The van der Waals surface area contributed by atoms with Gasteiger partial charge < -0.3 is 14.6 Å². The van der Waals surface area contributed by atoms with Crippen LogP contribution in [0.2, 0.25) is 0 Å². The first-order chi connectivity index (χ1) is 17.0. The van der Waals surface area contributed by atoms with Gasteiger partial charge in [-0.1, -0.05) is 65.9 Å². The Bertz CT molecular complexity index is 1330. The summed E-state index contributed by atoms with van der Waals surface area (Å²) in [4.78, 5) is 17.7. The van der Waals surface area contributed by atoms with Gasteiger partial charge >= 0.3 is 5.97 Å². The molecule has 0 bridgehead atoms. The average Bonchev–Trinajstić information content (AvgIpc) is 3.15. The van der Waals surface area contributed by atoms with Gasteiger partial charge in [0, 0.05) is 11.1 Å². The van der Waals surface area contributed by atoms with E-state index in [-0.39, 0.29) is 30.4 Å². The number of aliphatic imine (C=N–C) groups is 1. The van der Waals surface area contributed by atoms with Crippen molar-refractivity contribution in [1.29, 1.82) is 0 Å². The van der Waals surface area contributed by atoms with Crippen LogP contribution in [0.4, 0.5) is 10.1 Å². The zero-order valence-corrected chi connectivity index (χ0v) is 20.1. The van der Waals surface area contributed by atoms with Crippen LogP contribution >= 0.6 is 11.8 Å². The van der Waals surface area contributed by atoms with Crippen LogP contribution in [0.5, 0.6) is 5.75 Å². The van der Waals surface area contributed by atoms with E-state index in [2.05, 4.69) is 4.99 Å². The second-order valence-electron chi connectivity index (χ2n) is 7.73. The number of para-hydroxylation sites is 1. The molecule has 0 unspecified atom stereocenters. The number of carbonyl (C=O) groups excluding carboxylic acids is 1. The van der Waals surface area contributed by atoms with Gasteiger partial charge in [-0.3, -0.25) is 0 Å². The highest BCUT2D eigenvalue weighted by Gasteiger charge is 2.33. The van der Waals surface area contributed by atoms with Crippen molar-refractivity contribution < 1.29 is 23.8 Å². The van der Waals surface area contributed by atoms with Crippen molar-refractivity contribution in [2.24, 2.45) is 4.99 Å². The van der Waals surface area contributed by atoms with E-state index in [9.17, 15) is 14.3 Å². The normalized spacial score (nSPS) is 15.6. The van der Waals surface area contributed by atoms with Crippen molar-refractivity contribution in [3.05, 3.63) is 112 Å². The number of ether oxygens (including phenoxy) is 2. The van der Waals surface area contributed by atoms with Crippen LogP contribution in [0, 0.1) is 12.7 Å². The molecule has 0 amide bonds. The average molecular weight is 490 g/mol. The summed E-state index contributed by atoms with van der Waals surface area (Å²) in [6, 6.07) is 21.2. The first kappa shape index (κ1) is 24.3. The standard InChI is InChI=1S/C28H24FNO4S/c1-3-33-28(32)25-26(31)24(35-27(25)30-21-14-12-18(2)13-15-21)16-19-8-5-7-11-23(19)34-17-20-9-4-6-10-22(20)29/h4-16,31H,3,17H2,1-2H3. The minimum Gasteiger partial charge on any atom is -0.506 e. The second kappa shape index (κ2) is 11.1. The van der Waals surface area contributed by atoms with Gasteiger partial charge in [0.1, 0.15) is 34.5 Å². The first-order valence-corrected chi connectivity index (χ1v) is 11.9. The Morgan fingerprint density at radius 3 is 2.51 bits per heavy atom. The summed E-state index contributed by atoms with van der Waals surface area (Å²) in [5, 5.41) is 11.3. The monoisotopic (exact) mass is 489 g/mol. The molecule has 1 aliphatic rings. The fourth-order valence-corrected chi connectivity index (χ4v) is 4.40. The van der Waals surface area contributed by atoms with E-state index in [4.69, 9.17) is 9.47 Å². The Labute approximate surface area is 207 Å². The molecule has 0 spiro atoms. The van der Waals surface area contributed by atoms with Gasteiger partial charge in [0.25, 0.3) is 0 Å². The van der Waals surface area contributed by atoms with Crippen LogP contribution < -0.4 is 4.74 Å². The number of hydrogen-bond acceptors (Lipinski definition) is 6. The SMILES string of the molecule is CCOC(=O)C1=C(O)C(=Cc2ccccc2OCc2ccccc2F)SC1=Nc1ccc(C)cc1. The summed E-state index contributed by atoms with van der Waals surface area (Å²) in [5.74, 6) is -0.677. The predicted octanol–water partition coefficient (Wildman–Crippen LogP) is 6.91. The molecule has 0 saturated carbocycles. The van der Waals surface area contributed by atoms with Crippen molar-refractivity contribution in [1.82, 2.24) is 0 Å². The van der Waals surface area contributed by atoms with Gasteiger partial charge in [0.05, 0.1) is 17.2 Å². The molecule has 0 aromatic heterocycles. The lowest BCUT2D eigenvalue weighted by atomic mass is 10.1. The number of nitrogens with zero attached hydrogens (tertiary/aromatic N) is 1. The minimum atomic E-state index is -0.643. The Morgan fingerprint density at radius 2 is 1.77 bits per heavy atom. The number of aryl methyl sites for hydroxylation is 1. The maximum atomic E-state index is 14.0. The lowest BCUT2D eigenvalue weighted by Crippen LogP contribution is -2.12. The maximum Gasteiger partial charge on any atom is 0.344 e. The Balaban J connectivity index is 1.67. The van der Waals surface area contributed by atoms with E-state index in [0.29, 0.717) is 32.5 Å². The molecular formula is C28H24FNO4S. The van der Waals surface area contributed by atoms with Gasteiger partial charge in [-0.2, -0.15) is 0 Å². The van der Waals surface area contributed by atoms with Crippen molar-refractivity contribution in [2.45, 2.75) is 20.5 Å². The van der Waals surface area contributed by atoms with Crippen LogP contribution in [0.25, 0.3) is 6.08 Å². The zero-order chi connectivity index (χ0) is 24.8. The number of hydrogen-bond donors (Lipinski definition) is 1. The molecule has 0 atom stereocenters. The molecule has 35 heavy (non-hydrogen) atoms. The van der Waals surface area contributed by atoms with Crippen LogP contribution in [-0.4, -0.2) is 22.7 Å². The molecule has 0 radical (unpaired) electrons. The van der Waals surface area contributed by atoms with Gasteiger partial charge in [0.2, 0.25) is 0 Å². The van der Waals surface area contributed by atoms with Crippen molar-refractivity contribution in [3.63, 3.8) is 0 Å². The predicted molar refractivity (Wildman–Crippen MR) is 137 cm³/mol. The topological polar surface area (TPSA) is 68.1 Å². The number of carbonyl (C=O) groups is 1. The Morgan fingerprint density at radius 1 is 1.06 bits per heavy atom. The van der Waals surface area contributed by atoms with E-state index in [0.717, 1.165) is 5.56 Å². The Hall–Kier alpha value is -3.84. The molecule has 5 nitrogen and oxygen atoms in total. The van der Waals surface area contributed by atoms with E-state index in [1.807, 2.05) is 49.4 Å². The van der Waals surface area contributed by atoms with Gasteiger partial charge in [-0.25, -0.2) is 14.2 Å². The molecule has 4 rings (SSSR count). The molecule has 3 aromatic carbocycles. The molecule has 0 saturated heterocycles. The molecule has 178 valence electrons. The first-order valence-electron chi connectivity index (χ1n) is 11.1. The Kier molecular flexibility index (Phi) is 7.67. The number of benzene rings is 3. The number of aliphatic hydroxyl groups is 1. The summed E-state index contributed by atoms with van der Waals surface area (Å²) in [7, 11) is 0. The highest BCUT2D eigenvalue weighted by molar-refractivity contribution is 8.18. The van der Waals surface area contributed by atoms with E-state index in [1.54, 1.807) is 37.3 Å². The molecule has 1 heterocycles. The van der Waals surface area contributed by atoms with Crippen LogP contribution in [0.15, 0.2) is 94.0 Å². The number of aliphatic hydroxyl groups excluding tert-OH is 1. The van der Waals surface area contributed by atoms with Gasteiger partial charge in [0.15, 0.2) is 0 Å². The molecule has 1 aliphatic heterocycles. The summed E-state index contributed by atoms with van der Waals surface area (Å²) in [5.41, 5.74) is 2.86. The van der Waals surface area contributed by atoms with E-state index < -0.39 is 5.97 Å². The largest absolute Gasteiger partial charge is 0.506 e. The maximum absolute atomic E-state index is 14.0. The van der Waals surface area contributed by atoms with E-state index in [1.165, 1.54) is 17.8 Å². The fourth-order valence-electron chi connectivity index (χ4n) is 3.37. The minimum absolute atomic E-state index is 0.0217. The number of rotatable bonds is 7. The molecule has 0 aliphatic carbocycles. The highest BCUT2D eigenvalue weighted by atomic mass is 32.2. The summed E-state index contributed by atoms with van der Waals surface area (Å²) in [6.45, 7) is 3.90. The van der Waals surface area contributed by atoms with Crippen molar-refractivity contribution in [3.8, 4) is 5.75 Å². The quantitative estimate of drug-likeness (QED) is 0.365. The van der Waals surface area contributed by atoms with Gasteiger partial charge in [-0.05, 0) is 44.2 Å². The van der Waals surface area contributed by atoms with E-state index >= 15 is 0 Å². The van der Waals surface area contributed by atoms with Crippen LogP contribution in [-0.2, 0) is 16.1 Å². The smallest absolute Gasteiger partial charge is 0.344 e. The van der Waals surface area contributed by atoms with Crippen LogP contribution in [0.1, 0.15) is 23.6 Å². The lowest BCUT2D eigenvalue weighted by molar-refractivity contribution is -0.138. The third-order valence-electron chi connectivity index (χ3n) is 5.18. The number of esters is 1. The summed E-state index contributed by atoms with van der Waals surface area (Å²) >= 11 is 1.17. The van der Waals surface area contributed by atoms with Gasteiger partial charge in [-0.15, -0.1) is 0 Å². The van der Waals surface area contributed by atoms with Crippen molar-refractivity contribution in [2.75, 3.05) is 6.61 Å².